The Hall–Kier alpha value is -1.80. The number of hydrogen-bond acceptors (Lipinski definition) is 2. The largest absolute Gasteiger partial charge is 0.482 e. The molecular weight excluding hydrogens is 228 g/mol. The summed E-state index contributed by atoms with van der Waals surface area (Å²) in [5.41, 5.74) is 2.37. The van der Waals surface area contributed by atoms with Crippen LogP contribution in [0.25, 0.3) is 12.2 Å². The lowest BCUT2D eigenvalue weighted by molar-refractivity contribution is 0.293. The minimum atomic E-state index is 0.0322. The van der Waals surface area contributed by atoms with E-state index in [1.54, 1.807) is 11.3 Å². The van der Waals surface area contributed by atoms with E-state index in [4.69, 9.17) is 4.74 Å². The molecule has 0 bridgehead atoms. The maximum atomic E-state index is 5.86. The summed E-state index contributed by atoms with van der Waals surface area (Å²) >= 11 is 1.70. The van der Waals surface area contributed by atoms with Gasteiger partial charge in [0.1, 0.15) is 11.9 Å². The van der Waals surface area contributed by atoms with Gasteiger partial charge in [0.2, 0.25) is 0 Å². The van der Waals surface area contributed by atoms with Gasteiger partial charge in [-0.1, -0.05) is 30.4 Å². The number of ether oxygens (including phenoxy) is 1. The monoisotopic (exact) mass is 240 g/mol. The average Bonchev–Trinajstić information content (AvgIpc) is 2.89. The van der Waals surface area contributed by atoms with Crippen molar-refractivity contribution in [2.75, 3.05) is 0 Å². The molecule has 1 aromatic carbocycles. The molecule has 1 atom stereocenters. The molecule has 84 valence electrons. The number of fused-ring (bicyclic) bond motifs is 1. The summed E-state index contributed by atoms with van der Waals surface area (Å²) in [7, 11) is 0. The molecule has 3 rings (SSSR count). The van der Waals surface area contributed by atoms with E-state index >= 15 is 0 Å². The fourth-order valence-corrected chi connectivity index (χ4v) is 2.42. The SMILES string of the molecule is C1=C[C@H](/C=C/c2ccsc2)Oc2ccccc21. The number of benzene rings is 1. The molecule has 2 aromatic rings. The van der Waals surface area contributed by atoms with Gasteiger partial charge in [0, 0.05) is 5.56 Å². The molecule has 0 amide bonds. The standard InChI is InChI=1S/C15H12OS/c1-2-4-15-13(3-1)6-8-14(16-15)7-5-12-9-10-17-11-12/h1-11,14H/b7-5+/t14-/m0/s1. The number of thiophene rings is 1. The molecule has 0 aliphatic carbocycles. The number of rotatable bonds is 2. The molecule has 0 saturated carbocycles. The quantitative estimate of drug-likeness (QED) is 0.763. The first-order valence-corrected chi connectivity index (χ1v) is 6.50. The van der Waals surface area contributed by atoms with Gasteiger partial charge in [-0.25, -0.2) is 0 Å². The van der Waals surface area contributed by atoms with E-state index in [9.17, 15) is 0 Å². The lowest BCUT2D eigenvalue weighted by atomic mass is 10.1. The Bertz CT molecular complexity index is 552. The summed E-state index contributed by atoms with van der Waals surface area (Å²) in [4.78, 5) is 0. The Morgan fingerprint density at radius 1 is 1.18 bits per heavy atom. The smallest absolute Gasteiger partial charge is 0.136 e. The second-order valence-electron chi connectivity index (χ2n) is 3.90. The molecule has 0 radical (unpaired) electrons. The average molecular weight is 240 g/mol. The lowest BCUT2D eigenvalue weighted by Gasteiger charge is -2.18. The Morgan fingerprint density at radius 3 is 3.00 bits per heavy atom. The maximum Gasteiger partial charge on any atom is 0.136 e. The lowest BCUT2D eigenvalue weighted by Crippen LogP contribution is -2.13. The third-order valence-electron chi connectivity index (χ3n) is 2.67. The predicted molar refractivity (Wildman–Crippen MR) is 73.2 cm³/mol. The van der Waals surface area contributed by atoms with Gasteiger partial charge in [0.15, 0.2) is 0 Å². The van der Waals surface area contributed by atoms with E-state index in [1.165, 1.54) is 5.56 Å². The zero-order valence-electron chi connectivity index (χ0n) is 9.24. The molecule has 0 spiro atoms. The highest BCUT2D eigenvalue weighted by atomic mass is 32.1. The van der Waals surface area contributed by atoms with Crippen LogP contribution in [0.1, 0.15) is 11.1 Å². The molecule has 17 heavy (non-hydrogen) atoms. The van der Waals surface area contributed by atoms with E-state index in [1.807, 2.05) is 18.2 Å². The predicted octanol–water partition coefficient (Wildman–Crippen LogP) is 4.24. The summed E-state index contributed by atoms with van der Waals surface area (Å²) in [5, 5.41) is 4.20. The molecule has 0 fully saturated rings. The summed E-state index contributed by atoms with van der Waals surface area (Å²) in [6, 6.07) is 10.2. The van der Waals surface area contributed by atoms with Crippen LogP contribution in [0.4, 0.5) is 0 Å². The van der Waals surface area contributed by atoms with Crippen LogP contribution in [0.5, 0.6) is 5.75 Å². The summed E-state index contributed by atoms with van der Waals surface area (Å²) in [6.45, 7) is 0. The van der Waals surface area contributed by atoms with Gasteiger partial charge < -0.3 is 4.74 Å². The van der Waals surface area contributed by atoms with Gasteiger partial charge in [0.05, 0.1) is 0 Å². The fourth-order valence-electron chi connectivity index (χ4n) is 1.79. The van der Waals surface area contributed by atoms with Crippen LogP contribution >= 0.6 is 11.3 Å². The molecule has 1 nitrogen and oxygen atoms in total. The highest BCUT2D eigenvalue weighted by Gasteiger charge is 2.10. The van der Waals surface area contributed by atoms with Gasteiger partial charge >= 0.3 is 0 Å². The van der Waals surface area contributed by atoms with Crippen LogP contribution in [0.3, 0.4) is 0 Å². The first-order chi connectivity index (χ1) is 8.42. The first kappa shape index (κ1) is 10.4. The van der Waals surface area contributed by atoms with Crippen LogP contribution < -0.4 is 4.74 Å². The second-order valence-corrected chi connectivity index (χ2v) is 4.68. The van der Waals surface area contributed by atoms with Crippen molar-refractivity contribution in [3.8, 4) is 5.75 Å². The van der Waals surface area contributed by atoms with Gasteiger partial charge in [0.25, 0.3) is 0 Å². The van der Waals surface area contributed by atoms with Crippen molar-refractivity contribution >= 4 is 23.5 Å². The van der Waals surface area contributed by atoms with Crippen LogP contribution in [0, 0.1) is 0 Å². The van der Waals surface area contributed by atoms with Crippen LogP contribution in [0.15, 0.2) is 53.2 Å². The molecule has 1 aromatic heterocycles. The third-order valence-corrected chi connectivity index (χ3v) is 3.37. The third kappa shape index (κ3) is 2.32. The van der Waals surface area contributed by atoms with Crippen molar-refractivity contribution in [3.05, 3.63) is 64.4 Å². The molecule has 1 aliphatic rings. The zero-order chi connectivity index (χ0) is 11.5. The van der Waals surface area contributed by atoms with Crippen molar-refractivity contribution in [2.24, 2.45) is 0 Å². The van der Waals surface area contributed by atoms with Gasteiger partial charge in [-0.15, -0.1) is 0 Å². The van der Waals surface area contributed by atoms with Crippen LogP contribution in [0.2, 0.25) is 0 Å². The second kappa shape index (κ2) is 4.60. The van der Waals surface area contributed by atoms with Crippen molar-refractivity contribution in [1.82, 2.24) is 0 Å². The van der Waals surface area contributed by atoms with E-state index in [2.05, 4.69) is 47.2 Å². The van der Waals surface area contributed by atoms with Gasteiger partial charge in [-0.2, -0.15) is 11.3 Å². The molecule has 2 heterocycles. The van der Waals surface area contributed by atoms with Crippen LogP contribution in [-0.2, 0) is 0 Å². The highest BCUT2D eigenvalue weighted by molar-refractivity contribution is 7.08. The van der Waals surface area contributed by atoms with Crippen molar-refractivity contribution in [2.45, 2.75) is 6.10 Å². The summed E-state index contributed by atoms with van der Waals surface area (Å²) in [5.74, 6) is 0.954. The number of hydrogen-bond donors (Lipinski definition) is 0. The van der Waals surface area contributed by atoms with Gasteiger partial charge in [-0.3, -0.25) is 0 Å². The normalized spacial score (nSPS) is 18.0. The minimum Gasteiger partial charge on any atom is -0.482 e. The maximum absolute atomic E-state index is 5.86. The van der Waals surface area contributed by atoms with Gasteiger partial charge in [-0.05, 0) is 40.6 Å². The number of para-hydroxylation sites is 1. The summed E-state index contributed by atoms with van der Waals surface area (Å²) < 4.78 is 5.86. The molecule has 0 N–H and O–H groups in total. The first-order valence-electron chi connectivity index (χ1n) is 5.56. The van der Waals surface area contributed by atoms with E-state index in [0.29, 0.717) is 0 Å². The van der Waals surface area contributed by atoms with Crippen molar-refractivity contribution in [1.29, 1.82) is 0 Å². The van der Waals surface area contributed by atoms with Crippen LogP contribution in [-0.4, -0.2) is 6.10 Å². The van der Waals surface area contributed by atoms with Crippen molar-refractivity contribution < 1.29 is 4.74 Å². The molecule has 0 saturated heterocycles. The summed E-state index contributed by atoms with van der Waals surface area (Å²) in [6.07, 6.45) is 8.39. The Balaban J connectivity index is 1.77. The fraction of sp³-hybridized carbons (Fsp3) is 0.0667. The van der Waals surface area contributed by atoms with Crippen molar-refractivity contribution in [3.63, 3.8) is 0 Å². The van der Waals surface area contributed by atoms with E-state index in [0.717, 1.165) is 11.3 Å². The molecule has 1 aliphatic heterocycles. The zero-order valence-corrected chi connectivity index (χ0v) is 10.1. The topological polar surface area (TPSA) is 9.23 Å². The molecular formula is C15H12OS. The molecule has 2 heteroatoms. The molecule has 0 unspecified atom stereocenters. The highest BCUT2D eigenvalue weighted by Crippen LogP contribution is 2.25. The van der Waals surface area contributed by atoms with E-state index < -0.39 is 0 Å². The van der Waals surface area contributed by atoms with E-state index in [-0.39, 0.29) is 6.10 Å². The minimum absolute atomic E-state index is 0.0322. The Morgan fingerprint density at radius 2 is 2.12 bits per heavy atom. The Kier molecular flexibility index (Phi) is 2.80. The Labute approximate surface area is 105 Å².